The molecule has 4 rings (SSSR count). The quantitative estimate of drug-likeness (QED) is 0.280. The summed E-state index contributed by atoms with van der Waals surface area (Å²) in [5.41, 5.74) is 5.05. The summed E-state index contributed by atoms with van der Waals surface area (Å²) in [5.74, 6) is -0.372. The largest absolute Gasteiger partial charge is 0.384 e. The summed E-state index contributed by atoms with van der Waals surface area (Å²) < 4.78 is 34.7. The standard InChI is InChI=1S/C30H27F2NO/c1-34-17-16-23-8-11-25(29(31)19-23)10-7-22-9-15-28-27(18-22)14-13-26(30(28)32)12-6-21-2-4-24(20-33)5-3-21/h2-5,8-9,11,13-15,18-19H,6-7,10,12,16-17H2,1H3. The van der Waals surface area contributed by atoms with Crippen molar-refractivity contribution in [1.29, 1.82) is 5.26 Å². The van der Waals surface area contributed by atoms with E-state index in [1.165, 1.54) is 0 Å². The normalized spacial score (nSPS) is 11.0. The first-order valence-electron chi connectivity index (χ1n) is 11.5. The zero-order chi connectivity index (χ0) is 23.9. The van der Waals surface area contributed by atoms with E-state index in [0.717, 1.165) is 22.1 Å². The van der Waals surface area contributed by atoms with Crippen LogP contribution in [-0.2, 0) is 36.8 Å². The number of aryl methyl sites for hydroxylation is 4. The highest BCUT2D eigenvalue weighted by Gasteiger charge is 2.10. The van der Waals surface area contributed by atoms with E-state index in [1.807, 2.05) is 54.6 Å². The first kappa shape index (κ1) is 23.6. The molecule has 172 valence electrons. The van der Waals surface area contributed by atoms with Crippen LogP contribution in [0.1, 0.15) is 33.4 Å². The van der Waals surface area contributed by atoms with Crippen molar-refractivity contribution in [2.75, 3.05) is 13.7 Å². The molecule has 4 aromatic carbocycles. The first-order valence-corrected chi connectivity index (χ1v) is 11.5. The Balaban J connectivity index is 1.42. The van der Waals surface area contributed by atoms with Crippen LogP contribution in [-0.4, -0.2) is 13.7 Å². The van der Waals surface area contributed by atoms with Gasteiger partial charge in [0.2, 0.25) is 0 Å². The highest BCUT2D eigenvalue weighted by molar-refractivity contribution is 5.84. The zero-order valence-electron chi connectivity index (χ0n) is 19.3. The Labute approximate surface area is 199 Å². The van der Waals surface area contributed by atoms with E-state index in [1.54, 1.807) is 25.3 Å². The second-order valence-electron chi connectivity index (χ2n) is 8.57. The maximum Gasteiger partial charge on any atom is 0.134 e. The minimum atomic E-state index is -0.188. The molecule has 0 atom stereocenters. The van der Waals surface area contributed by atoms with E-state index in [-0.39, 0.29) is 11.6 Å². The smallest absolute Gasteiger partial charge is 0.134 e. The van der Waals surface area contributed by atoms with Gasteiger partial charge in [0.25, 0.3) is 0 Å². The van der Waals surface area contributed by atoms with Crippen molar-refractivity contribution in [3.63, 3.8) is 0 Å². The monoisotopic (exact) mass is 455 g/mol. The molecule has 0 radical (unpaired) electrons. The van der Waals surface area contributed by atoms with Gasteiger partial charge in [0.15, 0.2) is 0 Å². The predicted molar refractivity (Wildman–Crippen MR) is 132 cm³/mol. The van der Waals surface area contributed by atoms with Gasteiger partial charge in [-0.15, -0.1) is 0 Å². The molecule has 0 fully saturated rings. The average Bonchev–Trinajstić information content (AvgIpc) is 2.86. The van der Waals surface area contributed by atoms with Crippen LogP contribution in [0.4, 0.5) is 8.78 Å². The fourth-order valence-electron chi connectivity index (χ4n) is 4.21. The van der Waals surface area contributed by atoms with E-state index in [2.05, 4.69) is 6.07 Å². The van der Waals surface area contributed by atoms with Crippen LogP contribution in [0.2, 0.25) is 0 Å². The van der Waals surface area contributed by atoms with Gasteiger partial charge in [-0.25, -0.2) is 8.78 Å². The van der Waals surface area contributed by atoms with Crippen molar-refractivity contribution >= 4 is 10.8 Å². The summed E-state index contributed by atoms with van der Waals surface area (Å²) in [7, 11) is 1.64. The van der Waals surface area contributed by atoms with Gasteiger partial charge in [0.1, 0.15) is 11.6 Å². The van der Waals surface area contributed by atoms with Crippen LogP contribution >= 0.6 is 0 Å². The van der Waals surface area contributed by atoms with Gasteiger partial charge in [-0.05, 0) is 83.5 Å². The average molecular weight is 456 g/mol. The molecule has 0 aliphatic carbocycles. The third kappa shape index (κ3) is 5.68. The molecular formula is C30H27F2NO. The van der Waals surface area contributed by atoms with E-state index in [9.17, 15) is 4.39 Å². The van der Waals surface area contributed by atoms with Crippen LogP contribution in [0, 0.1) is 23.0 Å². The lowest BCUT2D eigenvalue weighted by Gasteiger charge is -2.10. The van der Waals surface area contributed by atoms with Gasteiger partial charge in [0, 0.05) is 12.5 Å². The van der Waals surface area contributed by atoms with E-state index in [4.69, 9.17) is 10.00 Å². The fourth-order valence-corrected chi connectivity index (χ4v) is 4.21. The number of methoxy groups -OCH3 is 1. The lowest BCUT2D eigenvalue weighted by molar-refractivity contribution is 0.202. The number of hydrogen-bond acceptors (Lipinski definition) is 2. The maximum atomic E-state index is 15.2. The maximum absolute atomic E-state index is 15.2. The van der Waals surface area contributed by atoms with Gasteiger partial charge in [-0.3, -0.25) is 0 Å². The number of rotatable bonds is 9. The summed E-state index contributed by atoms with van der Waals surface area (Å²) in [6.07, 6.45) is 3.27. The number of nitriles is 1. The SMILES string of the molecule is COCCc1ccc(CCc2ccc3c(F)c(CCc4ccc(C#N)cc4)ccc3c2)c(F)c1. The molecule has 0 bridgehead atoms. The topological polar surface area (TPSA) is 33.0 Å². The van der Waals surface area contributed by atoms with Crippen LogP contribution in [0.15, 0.2) is 72.8 Å². The lowest BCUT2D eigenvalue weighted by Crippen LogP contribution is -1.99. The van der Waals surface area contributed by atoms with Gasteiger partial charge in [-0.1, -0.05) is 54.6 Å². The third-order valence-electron chi connectivity index (χ3n) is 6.26. The van der Waals surface area contributed by atoms with Crippen molar-refractivity contribution in [1.82, 2.24) is 0 Å². The number of ether oxygens (including phenoxy) is 1. The van der Waals surface area contributed by atoms with E-state index < -0.39 is 0 Å². The molecule has 0 saturated heterocycles. The Hall–Kier alpha value is -3.55. The second kappa shape index (κ2) is 11.0. The minimum absolute atomic E-state index is 0.185. The summed E-state index contributed by atoms with van der Waals surface area (Å²) in [4.78, 5) is 0. The van der Waals surface area contributed by atoms with Crippen LogP contribution in [0.25, 0.3) is 10.8 Å². The number of halogens is 2. The Bertz CT molecular complexity index is 1320. The first-order chi connectivity index (χ1) is 16.6. The molecule has 0 aromatic heterocycles. The molecule has 0 amide bonds. The number of fused-ring (bicyclic) bond motifs is 1. The van der Waals surface area contributed by atoms with Crippen LogP contribution < -0.4 is 0 Å². The molecular weight excluding hydrogens is 428 g/mol. The van der Waals surface area contributed by atoms with Crippen LogP contribution in [0.3, 0.4) is 0 Å². The number of benzene rings is 4. The molecule has 0 aliphatic heterocycles. The molecule has 4 aromatic rings. The molecule has 4 heteroatoms. The minimum Gasteiger partial charge on any atom is -0.384 e. The summed E-state index contributed by atoms with van der Waals surface area (Å²) >= 11 is 0. The van der Waals surface area contributed by atoms with Crippen molar-refractivity contribution in [2.24, 2.45) is 0 Å². The zero-order valence-corrected chi connectivity index (χ0v) is 19.3. The molecule has 0 N–H and O–H groups in total. The van der Waals surface area contributed by atoms with Gasteiger partial charge >= 0.3 is 0 Å². The highest BCUT2D eigenvalue weighted by Crippen LogP contribution is 2.25. The van der Waals surface area contributed by atoms with Gasteiger partial charge < -0.3 is 4.74 Å². The Morgan fingerprint density at radius 2 is 1.35 bits per heavy atom. The molecule has 34 heavy (non-hydrogen) atoms. The molecule has 0 aliphatic rings. The highest BCUT2D eigenvalue weighted by atomic mass is 19.1. The molecule has 0 unspecified atom stereocenters. The number of hydrogen-bond donors (Lipinski definition) is 0. The fraction of sp³-hybridized carbons (Fsp3) is 0.233. The van der Waals surface area contributed by atoms with Crippen molar-refractivity contribution in [3.8, 4) is 6.07 Å². The third-order valence-corrected chi connectivity index (χ3v) is 6.26. The molecule has 0 spiro atoms. The Morgan fingerprint density at radius 3 is 2.09 bits per heavy atom. The van der Waals surface area contributed by atoms with Crippen molar-refractivity contribution < 1.29 is 13.5 Å². The summed E-state index contributed by atoms with van der Waals surface area (Å²) in [5, 5.41) is 10.4. The number of nitrogens with zero attached hydrogens (tertiary/aromatic N) is 1. The van der Waals surface area contributed by atoms with Gasteiger partial charge in [0.05, 0.1) is 18.2 Å². The second-order valence-corrected chi connectivity index (χ2v) is 8.57. The van der Waals surface area contributed by atoms with Crippen LogP contribution in [0.5, 0.6) is 0 Å². The molecule has 2 nitrogen and oxygen atoms in total. The van der Waals surface area contributed by atoms with Gasteiger partial charge in [-0.2, -0.15) is 5.26 Å². The summed E-state index contributed by atoms with van der Waals surface area (Å²) in [6.45, 7) is 0.573. The summed E-state index contributed by atoms with van der Waals surface area (Å²) in [6, 6.07) is 24.5. The molecule has 0 saturated carbocycles. The Morgan fingerprint density at radius 1 is 0.706 bits per heavy atom. The van der Waals surface area contributed by atoms with Crippen molar-refractivity contribution in [3.05, 3.63) is 118 Å². The van der Waals surface area contributed by atoms with Crippen molar-refractivity contribution in [2.45, 2.75) is 32.1 Å². The lowest BCUT2D eigenvalue weighted by atomic mass is 9.97. The van der Waals surface area contributed by atoms with E-state index >= 15 is 4.39 Å². The molecule has 0 heterocycles. The Kier molecular flexibility index (Phi) is 7.67. The van der Waals surface area contributed by atoms with E-state index in [0.29, 0.717) is 60.8 Å². The predicted octanol–water partition coefficient (Wildman–Crippen LogP) is 6.75.